The molecule has 0 saturated carbocycles. The van der Waals surface area contributed by atoms with E-state index in [9.17, 15) is 9.59 Å². The predicted molar refractivity (Wildman–Crippen MR) is 96.8 cm³/mol. The Bertz CT molecular complexity index is 877. The Labute approximate surface area is 159 Å². The lowest BCUT2D eigenvalue weighted by molar-refractivity contribution is 0.00507. The van der Waals surface area contributed by atoms with Crippen molar-refractivity contribution in [3.8, 4) is 11.5 Å². The third-order valence-electron chi connectivity index (χ3n) is 4.83. The molecule has 9 nitrogen and oxygen atoms in total. The third-order valence-corrected chi connectivity index (χ3v) is 6.04. The molecule has 1 atom stereocenters. The summed E-state index contributed by atoms with van der Waals surface area (Å²) in [6.07, 6.45) is 3.12. The van der Waals surface area contributed by atoms with Crippen molar-refractivity contribution < 1.29 is 24.0 Å². The minimum Gasteiger partial charge on any atom is -0.450 e. The van der Waals surface area contributed by atoms with Crippen molar-refractivity contribution in [2.24, 2.45) is 0 Å². The average Bonchev–Trinajstić information content (AvgIpc) is 3.32. The molecule has 1 aliphatic carbocycles. The van der Waals surface area contributed by atoms with Crippen molar-refractivity contribution in [1.82, 2.24) is 15.0 Å². The Hall–Kier alpha value is -2.62. The highest BCUT2D eigenvalue weighted by molar-refractivity contribution is 7.17. The largest absolute Gasteiger partial charge is 0.507 e. The fourth-order valence-electron chi connectivity index (χ4n) is 3.66. The third kappa shape index (κ3) is 3.48. The van der Waals surface area contributed by atoms with Crippen LogP contribution in [0.1, 0.15) is 41.9 Å². The van der Waals surface area contributed by atoms with Gasteiger partial charge >= 0.3 is 12.2 Å². The molecule has 2 aromatic heterocycles. The number of ether oxygens (including phenoxy) is 1. The van der Waals surface area contributed by atoms with Crippen molar-refractivity contribution in [3.05, 3.63) is 16.3 Å². The lowest BCUT2D eigenvalue weighted by atomic mass is 9.95. The van der Waals surface area contributed by atoms with Crippen LogP contribution in [-0.4, -0.2) is 45.1 Å². The van der Waals surface area contributed by atoms with E-state index in [1.807, 2.05) is 0 Å². The first-order valence-corrected chi connectivity index (χ1v) is 9.77. The summed E-state index contributed by atoms with van der Waals surface area (Å²) < 4.78 is 10.2. The number of likely N-dealkylation sites (tertiary alicyclic amines) is 1. The number of urea groups is 1. The zero-order chi connectivity index (χ0) is 19.0. The highest BCUT2D eigenvalue weighted by Crippen LogP contribution is 2.43. The van der Waals surface area contributed by atoms with Gasteiger partial charge < -0.3 is 14.4 Å². The summed E-state index contributed by atoms with van der Waals surface area (Å²) in [5, 5.41) is 16.3. The molecule has 10 heteroatoms. The van der Waals surface area contributed by atoms with Gasteiger partial charge in [-0.25, -0.2) is 9.59 Å². The smallest absolute Gasteiger partial charge is 0.450 e. The van der Waals surface area contributed by atoms with Crippen LogP contribution in [0, 0.1) is 6.92 Å². The highest BCUT2D eigenvalue weighted by atomic mass is 32.1. The Morgan fingerprint density at radius 1 is 1.33 bits per heavy atom. The number of carbonyl (C=O) groups is 2. The number of amides is 2. The molecule has 2 aromatic rings. The predicted octanol–water partition coefficient (Wildman–Crippen LogP) is 3.63. The van der Waals surface area contributed by atoms with Gasteiger partial charge in [0, 0.05) is 17.8 Å². The van der Waals surface area contributed by atoms with Gasteiger partial charge in [0.25, 0.3) is 5.89 Å². The molecule has 0 bridgehead atoms. The second-order valence-corrected chi connectivity index (χ2v) is 7.77. The molecule has 0 radical (unpaired) electrons. The lowest BCUT2D eigenvalue weighted by Crippen LogP contribution is -2.40. The average molecular weight is 392 g/mol. The van der Waals surface area contributed by atoms with Gasteiger partial charge in [-0.15, -0.1) is 11.3 Å². The van der Waals surface area contributed by atoms with Crippen LogP contribution in [0.2, 0.25) is 0 Å². The Morgan fingerprint density at radius 2 is 2.15 bits per heavy atom. The highest BCUT2D eigenvalue weighted by Gasteiger charge is 2.33. The van der Waals surface area contributed by atoms with E-state index < -0.39 is 12.4 Å². The van der Waals surface area contributed by atoms with Gasteiger partial charge in [0.2, 0.25) is 0 Å². The van der Waals surface area contributed by atoms with Crippen LogP contribution in [0.5, 0.6) is 0 Å². The minimum absolute atomic E-state index is 0.380. The molecule has 1 saturated heterocycles. The first kappa shape index (κ1) is 17.8. The van der Waals surface area contributed by atoms with Crippen LogP contribution in [0.15, 0.2) is 4.52 Å². The second-order valence-electron chi connectivity index (χ2n) is 6.67. The number of rotatable bonds is 3. The number of nitrogens with one attached hydrogen (secondary N) is 1. The van der Waals surface area contributed by atoms with Crippen LogP contribution in [0.25, 0.3) is 11.5 Å². The number of aryl methyl sites for hydroxylation is 2. The van der Waals surface area contributed by atoms with Crippen LogP contribution in [-0.2, 0) is 17.6 Å². The zero-order valence-electron chi connectivity index (χ0n) is 14.9. The monoisotopic (exact) mass is 392 g/mol. The molecule has 0 aromatic carbocycles. The first-order chi connectivity index (χ1) is 13.0. The molecule has 3 heterocycles. The molecule has 2 amide bonds. The normalized spacial score (nSPS) is 19.0. The van der Waals surface area contributed by atoms with Crippen molar-refractivity contribution in [1.29, 1.82) is 0 Å². The summed E-state index contributed by atoms with van der Waals surface area (Å²) in [7, 11) is 0. The first-order valence-electron chi connectivity index (χ1n) is 8.95. The number of thiophene rings is 1. The minimum atomic E-state index is -1.38. The van der Waals surface area contributed by atoms with E-state index in [1.54, 1.807) is 6.92 Å². The molecule has 0 spiro atoms. The van der Waals surface area contributed by atoms with Crippen LogP contribution in [0.3, 0.4) is 0 Å². The lowest BCUT2D eigenvalue weighted by Gasteiger charge is -2.23. The second kappa shape index (κ2) is 7.18. The van der Waals surface area contributed by atoms with Gasteiger partial charge in [-0.2, -0.15) is 4.98 Å². The van der Waals surface area contributed by atoms with Gasteiger partial charge in [0.1, 0.15) is 5.00 Å². The number of fused-ring (bicyclic) bond motifs is 1. The van der Waals surface area contributed by atoms with E-state index in [4.69, 9.17) is 14.4 Å². The fraction of sp³-hybridized carbons (Fsp3) is 0.529. The van der Waals surface area contributed by atoms with E-state index in [0.717, 1.165) is 36.8 Å². The SMILES string of the molecule is Cc1noc(-c2c(NC(=O)N3CCC[C@H]3OC(=O)O)sc3c2CCCC3)n1. The summed E-state index contributed by atoms with van der Waals surface area (Å²) in [4.78, 5) is 30.6. The number of nitrogens with zero attached hydrogens (tertiary/aromatic N) is 3. The molecule has 1 fully saturated rings. The number of anilines is 1. The Kier molecular flexibility index (Phi) is 4.73. The number of aromatic nitrogens is 2. The van der Waals surface area contributed by atoms with Crippen LogP contribution >= 0.6 is 11.3 Å². The molecule has 144 valence electrons. The molecular formula is C17H20N4O5S. The van der Waals surface area contributed by atoms with Crippen LogP contribution in [0.4, 0.5) is 14.6 Å². The maximum atomic E-state index is 12.8. The molecular weight excluding hydrogens is 372 g/mol. The molecule has 0 unspecified atom stereocenters. The number of carbonyl (C=O) groups excluding carboxylic acids is 1. The van der Waals surface area contributed by atoms with E-state index in [0.29, 0.717) is 36.1 Å². The summed E-state index contributed by atoms with van der Waals surface area (Å²) in [6.45, 7) is 2.20. The van der Waals surface area contributed by atoms with E-state index in [-0.39, 0.29) is 6.03 Å². The van der Waals surface area contributed by atoms with Gasteiger partial charge in [-0.05, 0) is 44.6 Å². The van der Waals surface area contributed by atoms with Crippen LogP contribution < -0.4 is 5.32 Å². The van der Waals surface area contributed by atoms with Gasteiger partial charge in [0.15, 0.2) is 12.1 Å². The number of carboxylic acid groups (broad SMARTS) is 1. The van der Waals surface area contributed by atoms with Crippen molar-refractivity contribution >= 4 is 28.5 Å². The van der Waals surface area contributed by atoms with E-state index >= 15 is 0 Å². The van der Waals surface area contributed by atoms with E-state index in [1.165, 1.54) is 21.1 Å². The fourth-order valence-corrected chi connectivity index (χ4v) is 4.93. The molecule has 4 rings (SSSR count). The summed E-state index contributed by atoms with van der Waals surface area (Å²) in [6, 6.07) is -0.380. The topological polar surface area (TPSA) is 118 Å². The van der Waals surface area contributed by atoms with Crippen molar-refractivity contribution in [2.75, 3.05) is 11.9 Å². The summed E-state index contributed by atoms with van der Waals surface area (Å²) in [5.41, 5.74) is 1.95. The van der Waals surface area contributed by atoms with Crippen molar-refractivity contribution in [3.63, 3.8) is 0 Å². The maximum Gasteiger partial charge on any atom is 0.507 e. The number of hydrogen-bond acceptors (Lipinski definition) is 7. The molecule has 1 aliphatic heterocycles. The van der Waals surface area contributed by atoms with E-state index in [2.05, 4.69) is 15.5 Å². The summed E-state index contributed by atoms with van der Waals surface area (Å²) in [5.74, 6) is 0.939. The maximum absolute atomic E-state index is 12.8. The molecule has 2 N–H and O–H groups in total. The standard InChI is InChI=1S/C17H20N4O5S/c1-9-18-14(26-20-9)13-10-5-2-3-6-11(10)27-15(13)19-16(22)21-8-4-7-12(21)25-17(23)24/h12H,2-8H2,1H3,(H,19,22)(H,23,24)/t12-/m1/s1. The van der Waals surface area contributed by atoms with Gasteiger partial charge in [-0.1, -0.05) is 5.16 Å². The molecule has 2 aliphatic rings. The van der Waals surface area contributed by atoms with Gasteiger partial charge in [0.05, 0.1) is 5.56 Å². The zero-order valence-corrected chi connectivity index (χ0v) is 15.7. The Balaban J connectivity index is 1.63. The molecule has 27 heavy (non-hydrogen) atoms. The van der Waals surface area contributed by atoms with Gasteiger partial charge in [-0.3, -0.25) is 10.2 Å². The summed E-state index contributed by atoms with van der Waals surface area (Å²) >= 11 is 1.52. The van der Waals surface area contributed by atoms with Crippen molar-refractivity contribution in [2.45, 2.75) is 51.7 Å². The Morgan fingerprint density at radius 3 is 2.89 bits per heavy atom. The number of hydrogen-bond donors (Lipinski definition) is 2. The quantitative estimate of drug-likeness (QED) is 0.766.